The van der Waals surface area contributed by atoms with Crippen LogP contribution in [0.5, 0.6) is 0 Å². The molecule has 0 radical (unpaired) electrons. The molecule has 3 fully saturated rings. The number of piperidine rings is 1. The largest absolute Gasteiger partial charge is 0.444 e. The molecule has 3 N–H and O–H groups in total. The lowest BCUT2D eigenvalue weighted by Crippen LogP contribution is -2.58. The van der Waals surface area contributed by atoms with Gasteiger partial charge in [0.2, 0.25) is 0 Å². The summed E-state index contributed by atoms with van der Waals surface area (Å²) in [5, 5.41) is 22.0. The Balaban J connectivity index is 1.13. The van der Waals surface area contributed by atoms with Crippen molar-refractivity contribution in [3.63, 3.8) is 0 Å². The number of rotatable bonds is 8. The number of benzene rings is 1. The molecule has 0 aliphatic carbocycles. The number of nitrogens with one attached hydrogen (secondary N) is 2. The molecule has 3 aliphatic heterocycles. The summed E-state index contributed by atoms with van der Waals surface area (Å²) in [5.41, 5.74) is 2.23. The molecule has 3 saturated heterocycles. The highest BCUT2D eigenvalue weighted by Gasteiger charge is 2.46. The number of aliphatic hydroxyl groups excluding tert-OH is 1. The number of anilines is 2. The van der Waals surface area contributed by atoms with Gasteiger partial charge in [0, 0.05) is 29.8 Å². The maximum Gasteiger partial charge on any atom is 0.410 e. The first-order valence-corrected chi connectivity index (χ1v) is 16.0. The Hall–Kier alpha value is -4.06. The van der Waals surface area contributed by atoms with Crippen molar-refractivity contribution in [2.75, 3.05) is 30.3 Å². The molecule has 45 heavy (non-hydrogen) atoms. The van der Waals surface area contributed by atoms with E-state index in [1.807, 2.05) is 72.8 Å². The van der Waals surface area contributed by atoms with Crippen LogP contribution >= 0.6 is 0 Å². The van der Waals surface area contributed by atoms with Gasteiger partial charge in [-0.1, -0.05) is 44.2 Å². The third-order valence-corrected chi connectivity index (χ3v) is 8.89. The molecule has 6 rings (SSSR count). The molecule has 12 heteroatoms. The summed E-state index contributed by atoms with van der Waals surface area (Å²) in [6.45, 7) is 10.4. The summed E-state index contributed by atoms with van der Waals surface area (Å²) in [6.07, 6.45) is 4.31. The molecule has 2 amide bonds. The molecule has 2 unspecified atom stereocenters. The monoisotopic (exact) mass is 619 g/mol. The van der Waals surface area contributed by atoms with Crippen LogP contribution in [-0.2, 0) is 9.47 Å². The molecular formula is C33H45N7O5. The first-order valence-electron chi connectivity index (χ1n) is 16.0. The lowest BCUT2D eigenvalue weighted by molar-refractivity contribution is -0.0485. The lowest BCUT2D eigenvalue weighted by Gasteiger charge is -2.42. The van der Waals surface area contributed by atoms with Gasteiger partial charge in [0.15, 0.2) is 5.65 Å². The van der Waals surface area contributed by atoms with Crippen molar-refractivity contribution in [3.8, 4) is 0 Å². The van der Waals surface area contributed by atoms with E-state index >= 15 is 0 Å². The van der Waals surface area contributed by atoms with E-state index in [1.165, 1.54) is 0 Å². The van der Waals surface area contributed by atoms with E-state index in [0.29, 0.717) is 18.9 Å². The molecule has 0 spiro atoms. The Bertz CT molecular complexity index is 1500. The smallest absolute Gasteiger partial charge is 0.410 e. The minimum absolute atomic E-state index is 0.0754. The van der Waals surface area contributed by atoms with Gasteiger partial charge in [0.1, 0.15) is 23.3 Å². The van der Waals surface area contributed by atoms with Gasteiger partial charge in [0.25, 0.3) is 0 Å². The van der Waals surface area contributed by atoms with Gasteiger partial charge in [-0.25, -0.2) is 14.6 Å². The molecule has 242 valence electrons. The maximum atomic E-state index is 13.3. The Morgan fingerprint density at radius 1 is 1.07 bits per heavy atom. The Labute approximate surface area is 264 Å². The molecule has 5 heterocycles. The Morgan fingerprint density at radius 3 is 2.38 bits per heavy atom. The minimum atomic E-state index is -0.561. The number of amides is 2. The average Bonchev–Trinajstić information content (AvgIpc) is 3.51. The third-order valence-electron chi connectivity index (χ3n) is 8.89. The second-order valence-corrected chi connectivity index (χ2v) is 13.8. The highest BCUT2D eigenvalue weighted by molar-refractivity contribution is 5.72. The summed E-state index contributed by atoms with van der Waals surface area (Å²) >= 11 is 0. The number of aromatic nitrogens is 3. The Kier molecular flexibility index (Phi) is 8.51. The van der Waals surface area contributed by atoms with E-state index in [4.69, 9.17) is 14.5 Å². The van der Waals surface area contributed by atoms with Crippen molar-refractivity contribution >= 4 is 29.5 Å². The highest BCUT2D eigenvalue weighted by Crippen LogP contribution is 2.38. The zero-order valence-corrected chi connectivity index (χ0v) is 26.8. The van der Waals surface area contributed by atoms with Crippen molar-refractivity contribution in [2.45, 2.75) is 102 Å². The number of ether oxygens (including phenoxy) is 2. The first-order chi connectivity index (χ1) is 21.5. The van der Waals surface area contributed by atoms with E-state index < -0.39 is 5.60 Å². The van der Waals surface area contributed by atoms with Crippen LogP contribution in [0.4, 0.5) is 21.2 Å². The second kappa shape index (κ2) is 12.4. The second-order valence-electron chi connectivity index (χ2n) is 13.8. The predicted molar refractivity (Wildman–Crippen MR) is 170 cm³/mol. The normalized spacial score (nSPS) is 22.3. The minimum Gasteiger partial charge on any atom is -0.444 e. The van der Waals surface area contributed by atoms with Crippen LogP contribution in [0.1, 0.15) is 83.4 Å². The van der Waals surface area contributed by atoms with Crippen molar-refractivity contribution < 1.29 is 24.2 Å². The fraction of sp³-hybridized carbons (Fsp3) is 0.576. The van der Waals surface area contributed by atoms with Crippen molar-refractivity contribution in [1.82, 2.24) is 24.4 Å². The fourth-order valence-electron chi connectivity index (χ4n) is 6.66. The van der Waals surface area contributed by atoms with Gasteiger partial charge < -0.3 is 35.0 Å². The summed E-state index contributed by atoms with van der Waals surface area (Å²) in [5.74, 6) is 1.70. The van der Waals surface area contributed by atoms with Gasteiger partial charge >= 0.3 is 12.2 Å². The van der Waals surface area contributed by atoms with Gasteiger partial charge in [-0.3, -0.25) is 0 Å². The van der Waals surface area contributed by atoms with Crippen LogP contribution in [-0.4, -0.2) is 91.2 Å². The summed E-state index contributed by atoms with van der Waals surface area (Å²) in [6, 6.07) is 11.8. The molecule has 12 nitrogen and oxygen atoms in total. The van der Waals surface area contributed by atoms with Gasteiger partial charge in [-0.15, -0.1) is 0 Å². The number of hydrogen-bond acceptors (Lipinski definition) is 9. The van der Waals surface area contributed by atoms with E-state index in [0.717, 1.165) is 48.3 Å². The molecule has 0 saturated carbocycles. The van der Waals surface area contributed by atoms with Crippen LogP contribution in [0.3, 0.4) is 0 Å². The van der Waals surface area contributed by atoms with Crippen LogP contribution in [0.25, 0.3) is 5.65 Å². The maximum absolute atomic E-state index is 13.3. The first kappa shape index (κ1) is 30.9. The van der Waals surface area contributed by atoms with Crippen molar-refractivity contribution in [3.05, 3.63) is 53.7 Å². The molecular weight excluding hydrogens is 574 g/mol. The molecule has 3 atom stereocenters. The van der Waals surface area contributed by atoms with Gasteiger partial charge in [0.05, 0.1) is 31.9 Å². The highest BCUT2D eigenvalue weighted by atomic mass is 16.6. The van der Waals surface area contributed by atoms with E-state index in [1.54, 1.807) is 4.90 Å². The number of nitrogens with zero attached hydrogens (tertiary/aromatic N) is 5. The molecule has 3 aromatic rings. The van der Waals surface area contributed by atoms with E-state index in [2.05, 4.69) is 29.6 Å². The third kappa shape index (κ3) is 6.66. The number of carbonyl (C=O) groups excluding carboxylic acids is 2. The molecule has 2 bridgehead atoms. The van der Waals surface area contributed by atoms with Crippen molar-refractivity contribution in [1.29, 1.82) is 0 Å². The van der Waals surface area contributed by atoms with Crippen LogP contribution in [0, 0.1) is 0 Å². The average molecular weight is 620 g/mol. The van der Waals surface area contributed by atoms with E-state index in [9.17, 15) is 14.7 Å². The topological polar surface area (TPSA) is 134 Å². The number of carbonyl (C=O) groups is 2. The summed E-state index contributed by atoms with van der Waals surface area (Å²) in [7, 11) is 0. The number of aliphatic hydroxyl groups is 1. The molecule has 3 aliphatic rings. The van der Waals surface area contributed by atoms with Crippen molar-refractivity contribution in [2.24, 2.45) is 0 Å². The quantitative estimate of drug-likeness (QED) is 0.313. The SMILES string of the molecule is CC(C)c1cnn2c(NC3CC4CCC(C3)N4C(=O)OC3CN(C(=O)OC(C)(C)C)C3)cc(N[C@H](CO)c3ccccc3)nc12. The van der Waals surface area contributed by atoms with Crippen LogP contribution in [0.2, 0.25) is 0 Å². The van der Waals surface area contributed by atoms with Gasteiger partial charge in [-0.05, 0) is 57.9 Å². The standard InChI is InChI=1S/C33H45N7O5/c1-20(2)26-16-34-40-29(15-28(37-30(26)40)36-27(19-41)21-9-7-6-8-10-21)35-22-13-23-11-12-24(14-22)39(23)32(43)44-25-17-38(18-25)31(42)45-33(3,4)5/h6-10,15-16,20,22-25,27,35,41H,11-14,17-19H2,1-5H3,(H,36,37)/t22?,23?,24?,27-/m1/s1. The van der Waals surface area contributed by atoms with Crippen LogP contribution < -0.4 is 10.6 Å². The fourth-order valence-corrected chi connectivity index (χ4v) is 6.66. The Morgan fingerprint density at radius 2 is 1.76 bits per heavy atom. The number of likely N-dealkylation sites (tertiary alicyclic amines) is 1. The van der Waals surface area contributed by atoms with E-state index in [-0.39, 0.29) is 55.0 Å². The summed E-state index contributed by atoms with van der Waals surface area (Å²) < 4.78 is 13.1. The summed E-state index contributed by atoms with van der Waals surface area (Å²) in [4.78, 5) is 33.9. The molecule has 1 aromatic carbocycles. The number of fused-ring (bicyclic) bond motifs is 3. The predicted octanol–water partition coefficient (Wildman–Crippen LogP) is 5.16. The lowest BCUT2D eigenvalue weighted by atomic mass is 9.97. The zero-order valence-electron chi connectivity index (χ0n) is 26.8. The number of hydrogen-bond donors (Lipinski definition) is 3. The zero-order chi connectivity index (χ0) is 31.9. The van der Waals surface area contributed by atoms with Gasteiger partial charge in [-0.2, -0.15) is 9.61 Å². The van der Waals surface area contributed by atoms with Crippen LogP contribution in [0.15, 0.2) is 42.6 Å². The molecule has 2 aromatic heterocycles.